The highest BCUT2D eigenvalue weighted by Crippen LogP contribution is 2.19. The van der Waals surface area contributed by atoms with Gasteiger partial charge < -0.3 is 14.4 Å². The van der Waals surface area contributed by atoms with Crippen molar-refractivity contribution in [3.05, 3.63) is 35.2 Å². The maximum absolute atomic E-state index is 9.35. The number of halogens is 1. The van der Waals surface area contributed by atoms with Crippen molar-refractivity contribution in [2.75, 3.05) is 26.4 Å². The van der Waals surface area contributed by atoms with Crippen LogP contribution >= 0.6 is 11.6 Å². The number of ether oxygens (including phenoxy) is 1. The molecule has 1 fully saturated rings. The Balaban J connectivity index is 1.71. The van der Waals surface area contributed by atoms with E-state index >= 15 is 0 Å². The summed E-state index contributed by atoms with van der Waals surface area (Å²) in [7, 11) is 0. The minimum atomic E-state index is -0.0235. The molecule has 1 aliphatic rings. The van der Waals surface area contributed by atoms with Crippen LogP contribution in [0.5, 0.6) is 0 Å². The zero-order valence-corrected chi connectivity index (χ0v) is 12.2. The minimum Gasteiger partial charge on any atom is -0.395 e. The standard InChI is InChI=1S/C14H16ClN3O3/c15-11-3-1-10(2-4-11)14-16-13(21-17-14)7-18-5-6-20-9-12(18)8-19/h1-4,12,19H,5-9H2. The van der Waals surface area contributed by atoms with E-state index in [4.69, 9.17) is 20.9 Å². The molecule has 2 heterocycles. The topological polar surface area (TPSA) is 71.6 Å². The summed E-state index contributed by atoms with van der Waals surface area (Å²) in [6.45, 7) is 2.47. The first-order valence-electron chi connectivity index (χ1n) is 6.77. The lowest BCUT2D eigenvalue weighted by atomic mass is 10.2. The lowest BCUT2D eigenvalue weighted by molar-refractivity contribution is -0.0348. The second kappa shape index (κ2) is 6.53. The Labute approximate surface area is 127 Å². The van der Waals surface area contributed by atoms with Gasteiger partial charge in [-0.1, -0.05) is 16.8 Å². The Morgan fingerprint density at radius 3 is 2.90 bits per heavy atom. The average molecular weight is 310 g/mol. The van der Waals surface area contributed by atoms with Crippen molar-refractivity contribution in [2.24, 2.45) is 0 Å². The molecule has 0 bridgehead atoms. The summed E-state index contributed by atoms with van der Waals surface area (Å²) >= 11 is 5.86. The van der Waals surface area contributed by atoms with Crippen molar-refractivity contribution in [3.8, 4) is 11.4 Å². The molecule has 0 amide bonds. The highest BCUT2D eigenvalue weighted by atomic mass is 35.5. The Kier molecular flexibility index (Phi) is 4.50. The van der Waals surface area contributed by atoms with Crippen LogP contribution in [0.1, 0.15) is 5.89 Å². The van der Waals surface area contributed by atoms with E-state index in [2.05, 4.69) is 15.0 Å². The van der Waals surface area contributed by atoms with Gasteiger partial charge in [-0.2, -0.15) is 4.98 Å². The van der Waals surface area contributed by atoms with Crippen molar-refractivity contribution in [3.63, 3.8) is 0 Å². The summed E-state index contributed by atoms with van der Waals surface area (Å²) in [6, 6.07) is 7.25. The van der Waals surface area contributed by atoms with Crippen LogP contribution in [0.4, 0.5) is 0 Å². The fourth-order valence-corrected chi connectivity index (χ4v) is 2.40. The quantitative estimate of drug-likeness (QED) is 0.924. The van der Waals surface area contributed by atoms with E-state index in [1.807, 2.05) is 12.1 Å². The molecule has 0 saturated carbocycles. The molecule has 3 rings (SSSR count). The minimum absolute atomic E-state index is 0.0235. The first-order chi connectivity index (χ1) is 10.3. The lowest BCUT2D eigenvalue weighted by Gasteiger charge is -2.33. The van der Waals surface area contributed by atoms with Crippen LogP contribution in [-0.4, -0.2) is 52.6 Å². The molecule has 1 aromatic carbocycles. The van der Waals surface area contributed by atoms with Gasteiger partial charge in [0.25, 0.3) is 0 Å². The third kappa shape index (κ3) is 3.41. The molecule has 1 unspecified atom stereocenters. The zero-order chi connectivity index (χ0) is 14.7. The maximum atomic E-state index is 9.35. The fraction of sp³-hybridized carbons (Fsp3) is 0.429. The van der Waals surface area contributed by atoms with Crippen LogP contribution < -0.4 is 0 Å². The number of nitrogens with zero attached hydrogens (tertiary/aromatic N) is 3. The third-order valence-corrected chi connectivity index (χ3v) is 3.72. The summed E-state index contributed by atoms with van der Waals surface area (Å²) < 4.78 is 10.6. The Morgan fingerprint density at radius 1 is 1.33 bits per heavy atom. The molecule has 6 nitrogen and oxygen atoms in total. The molecular weight excluding hydrogens is 294 g/mol. The van der Waals surface area contributed by atoms with Gasteiger partial charge in [0.2, 0.25) is 11.7 Å². The fourth-order valence-electron chi connectivity index (χ4n) is 2.27. The maximum Gasteiger partial charge on any atom is 0.241 e. The molecule has 2 aromatic rings. The normalized spacial score (nSPS) is 19.8. The number of aliphatic hydroxyl groups excluding tert-OH is 1. The third-order valence-electron chi connectivity index (χ3n) is 3.47. The summed E-state index contributed by atoms with van der Waals surface area (Å²) in [5, 5.41) is 14.0. The van der Waals surface area contributed by atoms with Gasteiger partial charge in [0.1, 0.15) is 0 Å². The monoisotopic (exact) mass is 309 g/mol. The van der Waals surface area contributed by atoms with E-state index in [1.165, 1.54) is 0 Å². The largest absolute Gasteiger partial charge is 0.395 e. The van der Waals surface area contributed by atoms with Gasteiger partial charge in [0.05, 0.1) is 32.4 Å². The Bertz CT molecular complexity index is 587. The van der Waals surface area contributed by atoms with E-state index in [1.54, 1.807) is 12.1 Å². The predicted octanol–water partition coefficient (Wildman–Crippen LogP) is 1.58. The summed E-state index contributed by atoms with van der Waals surface area (Å²) in [5.41, 5.74) is 0.857. The van der Waals surface area contributed by atoms with Crippen LogP contribution in [0, 0.1) is 0 Å². The van der Waals surface area contributed by atoms with Crippen LogP contribution in [0.15, 0.2) is 28.8 Å². The highest BCUT2D eigenvalue weighted by molar-refractivity contribution is 6.30. The van der Waals surface area contributed by atoms with Crippen LogP contribution in [-0.2, 0) is 11.3 Å². The van der Waals surface area contributed by atoms with Gasteiger partial charge >= 0.3 is 0 Å². The molecule has 1 atom stereocenters. The van der Waals surface area contributed by atoms with Crippen LogP contribution in [0.2, 0.25) is 5.02 Å². The van der Waals surface area contributed by atoms with Crippen molar-refractivity contribution >= 4 is 11.6 Å². The number of hydrogen-bond donors (Lipinski definition) is 1. The molecule has 21 heavy (non-hydrogen) atoms. The molecule has 0 radical (unpaired) electrons. The highest BCUT2D eigenvalue weighted by Gasteiger charge is 2.24. The predicted molar refractivity (Wildman–Crippen MR) is 76.8 cm³/mol. The molecule has 1 aromatic heterocycles. The van der Waals surface area contributed by atoms with E-state index < -0.39 is 0 Å². The first-order valence-corrected chi connectivity index (χ1v) is 7.15. The van der Waals surface area contributed by atoms with E-state index in [9.17, 15) is 5.11 Å². The number of aromatic nitrogens is 2. The zero-order valence-electron chi connectivity index (χ0n) is 11.4. The molecule has 112 valence electrons. The van der Waals surface area contributed by atoms with Gasteiger partial charge in [-0.15, -0.1) is 0 Å². The van der Waals surface area contributed by atoms with Crippen molar-refractivity contribution in [2.45, 2.75) is 12.6 Å². The molecule has 1 aliphatic heterocycles. The molecular formula is C14H16ClN3O3. The molecule has 1 N–H and O–H groups in total. The summed E-state index contributed by atoms with van der Waals surface area (Å²) in [5.74, 6) is 1.07. The van der Waals surface area contributed by atoms with Gasteiger partial charge in [0.15, 0.2) is 0 Å². The molecule has 7 heteroatoms. The van der Waals surface area contributed by atoms with Crippen molar-refractivity contribution in [1.29, 1.82) is 0 Å². The SMILES string of the molecule is OCC1COCCN1Cc1nc(-c2ccc(Cl)cc2)no1. The number of aliphatic hydroxyl groups is 1. The van der Waals surface area contributed by atoms with E-state index in [0.29, 0.717) is 36.5 Å². The summed E-state index contributed by atoms with van der Waals surface area (Å²) in [4.78, 5) is 6.47. The number of rotatable bonds is 4. The Morgan fingerprint density at radius 2 is 2.14 bits per heavy atom. The van der Waals surface area contributed by atoms with Gasteiger partial charge in [0, 0.05) is 17.1 Å². The van der Waals surface area contributed by atoms with Gasteiger partial charge in [-0.05, 0) is 24.3 Å². The molecule has 0 spiro atoms. The lowest BCUT2D eigenvalue weighted by Crippen LogP contribution is -2.46. The van der Waals surface area contributed by atoms with Crippen molar-refractivity contribution < 1.29 is 14.4 Å². The number of hydrogen-bond acceptors (Lipinski definition) is 6. The van der Waals surface area contributed by atoms with E-state index in [-0.39, 0.29) is 12.6 Å². The second-order valence-corrected chi connectivity index (χ2v) is 5.34. The number of morpholine rings is 1. The van der Waals surface area contributed by atoms with Crippen LogP contribution in [0.25, 0.3) is 11.4 Å². The summed E-state index contributed by atoms with van der Waals surface area (Å²) in [6.07, 6.45) is 0. The average Bonchev–Trinajstić information content (AvgIpc) is 2.97. The Hall–Kier alpha value is -1.47. The smallest absolute Gasteiger partial charge is 0.241 e. The second-order valence-electron chi connectivity index (χ2n) is 4.90. The van der Waals surface area contributed by atoms with Gasteiger partial charge in [-0.25, -0.2) is 0 Å². The van der Waals surface area contributed by atoms with E-state index in [0.717, 1.165) is 12.1 Å². The van der Waals surface area contributed by atoms with Crippen LogP contribution in [0.3, 0.4) is 0 Å². The van der Waals surface area contributed by atoms with Crippen molar-refractivity contribution in [1.82, 2.24) is 15.0 Å². The molecule has 0 aliphatic carbocycles. The molecule has 1 saturated heterocycles. The first kappa shape index (κ1) is 14.5. The van der Waals surface area contributed by atoms with Gasteiger partial charge in [-0.3, -0.25) is 4.90 Å². The number of benzene rings is 1.